The molecule has 0 aromatic heterocycles. The van der Waals surface area contributed by atoms with E-state index in [-0.39, 0.29) is 0 Å². The molecule has 4 aromatic rings. The van der Waals surface area contributed by atoms with Crippen LogP contribution in [0.1, 0.15) is 33.4 Å². The molecule has 0 heterocycles. The molecule has 0 fully saturated rings. The van der Waals surface area contributed by atoms with Crippen LogP contribution < -0.4 is 31.6 Å². The Morgan fingerprint density at radius 2 is 0.868 bits per heavy atom. The van der Waals surface area contributed by atoms with Crippen molar-refractivity contribution in [2.24, 2.45) is 11.5 Å². The number of nitrogens with one attached hydrogen (secondary N) is 2. The smallest absolute Gasteiger partial charge is 0.119 e. The Labute approximate surface area is 226 Å². The van der Waals surface area contributed by atoms with Crippen LogP contribution in [0.3, 0.4) is 0 Å². The lowest BCUT2D eigenvalue weighted by atomic mass is 10.1. The normalized spacial score (nSPS) is 10.9. The lowest BCUT2D eigenvalue weighted by molar-refractivity contribution is 0.306. The van der Waals surface area contributed by atoms with Crippen LogP contribution >= 0.6 is 0 Å². The number of ether oxygens (including phenoxy) is 2. The highest BCUT2D eigenvalue weighted by molar-refractivity contribution is 5.30. The molecule has 0 saturated heterocycles. The summed E-state index contributed by atoms with van der Waals surface area (Å²) in [7, 11) is 0. The highest BCUT2D eigenvalue weighted by Crippen LogP contribution is 2.16. The Morgan fingerprint density at radius 3 is 1.26 bits per heavy atom. The van der Waals surface area contributed by atoms with Crippen LogP contribution in [-0.4, -0.2) is 13.1 Å². The molecule has 4 aromatic carbocycles. The molecule has 0 unspecified atom stereocenters. The molecule has 6 heteroatoms. The zero-order chi connectivity index (χ0) is 26.4. The zero-order valence-corrected chi connectivity index (χ0v) is 21.9. The minimum atomic E-state index is 0.541. The van der Waals surface area contributed by atoms with Crippen LogP contribution in [0.25, 0.3) is 0 Å². The minimum absolute atomic E-state index is 0.541. The van der Waals surface area contributed by atoms with Gasteiger partial charge in [0.1, 0.15) is 24.7 Å². The van der Waals surface area contributed by atoms with Crippen LogP contribution in [0, 0.1) is 0 Å². The lowest BCUT2D eigenvalue weighted by Gasteiger charge is -2.11. The third-order valence-electron chi connectivity index (χ3n) is 6.25. The standard InChI is InChI=1S/C32H38N4O2/c33-19-25-7-11-31(12-8-25)37-23-29-5-1-3-27(17-29)21-35-15-16-36-22-28-4-2-6-30(18-28)24-38-32-13-9-26(20-34)10-14-32/h1-14,17-18,35-36H,15-16,19-24,33-34H2. The number of benzene rings is 4. The van der Waals surface area contributed by atoms with Gasteiger partial charge in [-0.1, -0.05) is 72.8 Å². The van der Waals surface area contributed by atoms with Gasteiger partial charge in [0, 0.05) is 39.3 Å². The van der Waals surface area contributed by atoms with Crippen LogP contribution in [0.15, 0.2) is 97.1 Å². The first-order valence-corrected chi connectivity index (χ1v) is 13.1. The average Bonchev–Trinajstić information content (AvgIpc) is 2.98. The van der Waals surface area contributed by atoms with E-state index in [0.717, 1.165) is 59.9 Å². The summed E-state index contributed by atoms with van der Waals surface area (Å²) in [4.78, 5) is 0. The topological polar surface area (TPSA) is 94.6 Å². The molecule has 6 nitrogen and oxygen atoms in total. The molecule has 0 amide bonds. The second-order valence-corrected chi connectivity index (χ2v) is 9.27. The minimum Gasteiger partial charge on any atom is -0.489 e. The van der Waals surface area contributed by atoms with Gasteiger partial charge in [-0.05, 0) is 57.6 Å². The van der Waals surface area contributed by atoms with E-state index < -0.39 is 0 Å². The monoisotopic (exact) mass is 510 g/mol. The van der Waals surface area contributed by atoms with Crippen LogP contribution in [-0.2, 0) is 39.4 Å². The average molecular weight is 511 g/mol. The van der Waals surface area contributed by atoms with Crippen molar-refractivity contribution in [3.05, 3.63) is 130 Å². The highest BCUT2D eigenvalue weighted by atomic mass is 16.5. The Kier molecular flexibility index (Phi) is 10.7. The summed E-state index contributed by atoms with van der Waals surface area (Å²) in [5, 5.41) is 7.03. The summed E-state index contributed by atoms with van der Waals surface area (Å²) < 4.78 is 11.8. The first kappa shape index (κ1) is 27.4. The van der Waals surface area contributed by atoms with Crippen molar-refractivity contribution in [3.8, 4) is 11.5 Å². The van der Waals surface area contributed by atoms with E-state index >= 15 is 0 Å². The SMILES string of the molecule is NCc1ccc(OCc2cccc(CNCCNCc3cccc(COc4ccc(CN)cc4)c3)c2)cc1. The summed E-state index contributed by atoms with van der Waals surface area (Å²) in [5.41, 5.74) is 18.3. The molecule has 38 heavy (non-hydrogen) atoms. The van der Waals surface area contributed by atoms with Gasteiger partial charge >= 0.3 is 0 Å². The van der Waals surface area contributed by atoms with E-state index in [4.69, 9.17) is 20.9 Å². The quantitative estimate of drug-likeness (QED) is 0.174. The number of hydrogen-bond acceptors (Lipinski definition) is 6. The first-order chi connectivity index (χ1) is 18.7. The summed E-state index contributed by atoms with van der Waals surface area (Å²) in [5.74, 6) is 1.71. The van der Waals surface area contributed by atoms with Crippen molar-refractivity contribution in [1.82, 2.24) is 10.6 Å². The Balaban J connectivity index is 1.12. The molecule has 0 spiro atoms. The van der Waals surface area contributed by atoms with Crippen molar-refractivity contribution in [2.75, 3.05) is 13.1 Å². The second-order valence-electron chi connectivity index (χ2n) is 9.27. The fourth-order valence-corrected chi connectivity index (χ4v) is 4.08. The Hall–Kier alpha value is -3.68. The van der Waals surface area contributed by atoms with Gasteiger partial charge in [-0.3, -0.25) is 0 Å². The van der Waals surface area contributed by atoms with E-state index in [1.165, 1.54) is 11.1 Å². The summed E-state index contributed by atoms with van der Waals surface area (Å²) >= 11 is 0. The molecule has 4 rings (SSSR count). The maximum atomic E-state index is 5.92. The van der Waals surface area contributed by atoms with Crippen molar-refractivity contribution >= 4 is 0 Å². The van der Waals surface area contributed by atoms with Gasteiger partial charge in [0.2, 0.25) is 0 Å². The number of hydrogen-bond donors (Lipinski definition) is 4. The molecule has 0 bridgehead atoms. The third-order valence-corrected chi connectivity index (χ3v) is 6.25. The maximum absolute atomic E-state index is 5.92. The van der Waals surface area contributed by atoms with Gasteiger partial charge < -0.3 is 31.6 Å². The van der Waals surface area contributed by atoms with Gasteiger partial charge in [0.25, 0.3) is 0 Å². The van der Waals surface area contributed by atoms with Gasteiger partial charge in [-0.25, -0.2) is 0 Å². The largest absolute Gasteiger partial charge is 0.489 e. The Morgan fingerprint density at radius 1 is 0.474 bits per heavy atom. The molecule has 6 N–H and O–H groups in total. The first-order valence-electron chi connectivity index (χ1n) is 13.1. The number of rotatable bonds is 15. The highest BCUT2D eigenvalue weighted by Gasteiger charge is 2.01. The molecule has 0 aliphatic carbocycles. The predicted molar refractivity (Wildman–Crippen MR) is 154 cm³/mol. The molecule has 0 atom stereocenters. The van der Waals surface area contributed by atoms with Gasteiger partial charge in [-0.2, -0.15) is 0 Å². The fraction of sp³-hybridized carbons (Fsp3) is 0.250. The Bertz CT molecular complexity index is 1140. The van der Waals surface area contributed by atoms with Crippen molar-refractivity contribution in [2.45, 2.75) is 39.4 Å². The van der Waals surface area contributed by atoms with E-state index in [1.54, 1.807) is 0 Å². The summed E-state index contributed by atoms with van der Waals surface area (Å²) in [6.45, 7) is 5.58. The lowest BCUT2D eigenvalue weighted by Crippen LogP contribution is -2.26. The molecular formula is C32H38N4O2. The predicted octanol–water partition coefficient (Wildman–Crippen LogP) is 4.64. The molecule has 0 radical (unpaired) electrons. The fourth-order valence-electron chi connectivity index (χ4n) is 4.08. The summed E-state index contributed by atoms with van der Waals surface area (Å²) in [6.07, 6.45) is 0. The van der Waals surface area contributed by atoms with Gasteiger partial charge in [-0.15, -0.1) is 0 Å². The van der Waals surface area contributed by atoms with E-state index in [0.29, 0.717) is 26.3 Å². The van der Waals surface area contributed by atoms with Crippen LogP contribution in [0.5, 0.6) is 11.5 Å². The molecular weight excluding hydrogens is 472 g/mol. The van der Waals surface area contributed by atoms with Crippen molar-refractivity contribution < 1.29 is 9.47 Å². The van der Waals surface area contributed by atoms with E-state index in [1.807, 2.05) is 48.5 Å². The van der Waals surface area contributed by atoms with Crippen LogP contribution in [0.2, 0.25) is 0 Å². The third kappa shape index (κ3) is 9.01. The van der Waals surface area contributed by atoms with Gasteiger partial charge in [0.15, 0.2) is 0 Å². The second kappa shape index (κ2) is 14.9. The van der Waals surface area contributed by atoms with E-state index in [9.17, 15) is 0 Å². The molecule has 198 valence electrons. The molecule has 0 aliphatic rings. The molecule has 0 aliphatic heterocycles. The number of nitrogens with two attached hydrogens (primary N) is 2. The zero-order valence-electron chi connectivity index (χ0n) is 21.9. The van der Waals surface area contributed by atoms with Crippen LogP contribution in [0.4, 0.5) is 0 Å². The van der Waals surface area contributed by atoms with Crippen molar-refractivity contribution in [3.63, 3.8) is 0 Å². The van der Waals surface area contributed by atoms with Gasteiger partial charge in [0.05, 0.1) is 0 Å². The maximum Gasteiger partial charge on any atom is 0.119 e. The summed E-state index contributed by atoms with van der Waals surface area (Å²) in [6, 6.07) is 32.9. The van der Waals surface area contributed by atoms with E-state index in [2.05, 4.69) is 59.2 Å². The van der Waals surface area contributed by atoms with Crippen molar-refractivity contribution in [1.29, 1.82) is 0 Å². The molecule has 0 saturated carbocycles.